The summed E-state index contributed by atoms with van der Waals surface area (Å²) in [6.45, 7) is 5.98. The minimum absolute atomic E-state index is 0.0538. The van der Waals surface area contributed by atoms with Crippen LogP contribution in [0.4, 0.5) is 5.82 Å². The maximum Gasteiger partial charge on any atom is 0.235 e. The third kappa shape index (κ3) is 3.87. The topological polar surface area (TPSA) is 56.2 Å². The van der Waals surface area contributed by atoms with Gasteiger partial charge < -0.3 is 10.1 Å². The lowest BCUT2D eigenvalue weighted by Crippen LogP contribution is -2.16. The monoisotopic (exact) mass is 427 g/mol. The highest BCUT2D eigenvalue weighted by molar-refractivity contribution is 8.00. The molecule has 1 amide bonds. The molecule has 150 valence electrons. The summed E-state index contributed by atoms with van der Waals surface area (Å²) in [5.41, 5.74) is 3.58. The Bertz CT molecular complexity index is 1060. The van der Waals surface area contributed by atoms with Gasteiger partial charge >= 0.3 is 0 Å². The average Bonchev–Trinajstić information content (AvgIpc) is 2.88. The number of benzene rings is 2. The summed E-state index contributed by atoms with van der Waals surface area (Å²) in [5.74, 6) is 1.77. The van der Waals surface area contributed by atoms with Gasteiger partial charge in [0, 0.05) is 11.1 Å². The molecule has 1 atom stereocenters. The Morgan fingerprint density at radius 2 is 1.93 bits per heavy atom. The zero-order chi connectivity index (χ0) is 20.5. The number of ether oxygens (including phenoxy) is 1. The Balaban J connectivity index is 1.90. The molecule has 2 heterocycles. The first-order chi connectivity index (χ1) is 14.0. The van der Waals surface area contributed by atoms with Gasteiger partial charge in [-0.3, -0.25) is 4.79 Å². The fourth-order valence-electron chi connectivity index (χ4n) is 3.49. The molecule has 4 rings (SSSR count). The predicted molar refractivity (Wildman–Crippen MR) is 118 cm³/mol. The van der Waals surface area contributed by atoms with Gasteiger partial charge in [0.05, 0.1) is 33.5 Å². The van der Waals surface area contributed by atoms with Gasteiger partial charge in [0.25, 0.3) is 0 Å². The standard InChI is InChI=1S/C22H22ClN3O2S/c1-13(2)28-18-11-7-4-8-15(18)21-20-14(3)25-26(17-10-6-5-9-16(17)23)22(20)24-19(27)12-29-21/h4-11,13,21H,12H2,1-3H3,(H,24,27). The van der Waals surface area contributed by atoms with Gasteiger partial charge in [0.15, 0.2) is 0 Å². The second kappa shape index (κ2) is 8.13. The molecule has 1 unspecified atom stereocenters. The molecule has 7 heteroatoms. The zero-order valence-electron chi connectivity index (χ0n) is 16.5. The maximum absolute atomic E-state index is 12.5. The summed E-state index contributed by atoms with van der Waals surface area (Å²) < 4.78 is 7.80. The fraction of sp³-hybridized carbons (Fsp3) is 0.273. The van der Waals surface area contributed by atoms with Crippen molar-refractivity contribution in [2.75, 3.05) is 11.1 Å². The summed E-state index contributed by atoms with van der Waals surface area (Å²) in [5, 5.41) is 8.25. The van der Waals surface area contributed by atoms with Crippen molar-refractivity contribution in [2.45, 2.75) is 32.1 Å². The zero-order valence-corrected chi connectivity index (χ0v) is 18.1. The second-order valence-corrected chi connectivity index (χ2v) is 8.66. The first-order valence-corrected chi connectivity index (χ1v) is 10.9. The van der Waals surface area contributed by atoms with Crippen molar-refractivity contribution in [3.63, 3.8) is 0 Å². The van der Waals surface area contributed by atoms with Crippen LogP contribution in [-0.4, -0.2) is 27.5 Å². The summed E-state index contributed by atoms with van der Waals surface area (Å²) in [6.07, 6.45) is 0.0538. The smallest absolute Gasteiger partial charge is 0.235 e. The molecule has 0 fully saturated rings. The normalized spacial score (nSPS) is 16.3. The van der Waals surface area contributed by atoms with Crippen LogP contribution in [0.15, 0.2) is 48.5 Å². The van der Waals surface area contributed by atoms with Crippen molar-refractivity contribution in [1.82, 2.24) is 9.78 Å². The molecule has 0 radical (unpaired) electrons. The number of nitrogens with zero attached hydrogens (tertiary/aromatic N) is 2. The van der Waals surface area contributed by atoms with Crippen LogP contribution in [0.25, 0.3) is 5.69 Å². The van der Waals surface area contributed by atoms with Crippen LogP contribution in [0.3, 0.4) is 0 Å². The van der Waals surface area contributed by atoms with Gasteiger partial charge in [-0.25, -0.2) is 4.68 Å². The van der Waals surface area contributed by atoms with Crippen LogP contribution in [0.1, 0.15) is 35.9 Å². The highest BCUT2D eigenvalue weighted by Gasteiger charge is 2.32. The highest BCUT2D eigenvalue weighted by Crippen LogP contribution is 2.46. The molecule has 1 aliphatic rings. The first-order valence-electron chi connectivity index (χ1n) is 9.47. The molecule has 1 aromatic heterocycles. The minimum atomic E-state index is -0.0878. The number of aryl methyl sites for hydroxylation is 1. The number of hydrogen-bond donors (Lipinski definition) is 1. The van der Waals surface area contributed by atoms with E-state index < -0.39 is 0 Å². The molecule has 5 nitrogen and oxygen atoms in total. The number of nitrogens with one attached hydrogen (secondary N) is 1. The van der Waals surface area contributed by atoms with Gasteiger partial charge in [-0.2, -0.15) is 5.10 Å². The Labute approximate surface area is 179 Å². The van der Waals surface area contributed by atoms with Crippen molar-refractivity contribution in [1.29, 1.82) is 0 Å². The van der Waals surface area contributed by atoms with Crippen LogP contribution in [0.2, 0.25) is 5.02 Å². The first kappa shape index (κ1) is 19.9. The van der Waals surface area contributed by atoms with Gasteiger partial charge in [0.1, 0.15) is 11.6 Å². The fourth-order valence-corrected chi connectivity index (χ4v) is 4.91. The second-order valence-electron chi connectivity index (χ2n) is 7.15. The number of hydrogen-bond acceptors (Lipinski definition) is 4. The van der Waals surface area contributed by atoms with E-state index in [0.29, 0.717) is 16.6 Å². The van der Waals surface area contributed by atoms with E-state index in [-0.39, 0.29) is 17.3 Å². The number of carbonyl (C=O) groups excluding carboxylic acids is 1. The Hall–Kier alpha value is -2.44. The van der Waals surface area contributed by atoms with E-state index in [4.69, 9.17) is 21.4 Å². The van der Waals surface area contributed by atoms with Crippen LogP contribution in [0.5, 0.6) is 5.75 Å². The van der Waals surface area contributed by atoms with E-state index in [1.54, 1.807) is 16.4 Å². The molecular weight excluding hydrogens is 406 g/mol. The molecule has 0 spiro atoms. The number of thioether (sulfide) groups is 1. The van der Waals surface area contributed by atoms with E-state index >= 15 is 0 Å². The van der Waals surface area contributed by atoms with Crippen LogP contribution in [-0.2, 0) is 4.79 Å². The Kier molecular flexibility index (Phi) is 5.56. The van der Waals surface area contributed by atoms with Gasteiger partial charge in [0.2, 0.25) is 5.91 Å². The van der Waals surface area contributed by atoms with Gasteiger partial charge in [-0.15, -0.1) is 11.8 Å². The van der Waals surface area contributed by atoms with E-state index in [1.165, 1.54) is 0 Å². The number of rotatable bonds is 4. The Morgan fingerprint density at radius 3 is 2.69 bits per heavy atom. The van der Waals surface area contributed by atoms with E-state index in [1.807, 2.05) is 63.2 Å². The highest BCUT2D eigenvalue weighted by atomic mass is 35.5. The number of amides is 1. The molecule has 2 aromatic carbocycles. The minimum Gasteiger partial charge on any atom is -0.491 e. The number of aromatic nitrogens is 2. The molecule has 0 saturated carbocycles. The summed E-state index contributed by atoms with van der Waals surface area (Å²) in [7, 11) is 0. The molecule has 0 saturated heterocycles. The third-order valence-corrected chi connectivity index (χ3v) is 6.22. The predicted octanol–water partition coefficient (Wildman–Crippen LogP) is 5.40. The number of halogens is 1. The number of carbonyl (C=O) groups is 1. The molecule has 1 aliphatic heterocycles. The van der Waals surface area contributed by atoms with E-state index in [9.17, 15) is 4.79 Å². The molecular formula is C22H22ClN3O2S. The SMILES string of the molecule is Cc1nn(-c2ccccc2Cl)c2c1C(c1ccccc1OC(C)C)SCC(=O)N2. The van der Waals surface area contributed by atoms with Crippen molar-refractivity contribution in [2.24, 2.45) is 0 Å². The van der Waals surface area contributed by atoms with Crippen molar-refractivity contribution < 1.29 is 9.53 Å². The Morgan fingerprint density at radius 1 is 1.21 bits per heavy atom. The van der Waals surface area contributed by atoms with Crippen LogP contribution in [0, 0.1) is 6.92 Å². The van der Waals surface area contributed by atoms with Gasteiger partial charge in [-0.05, 0) is 39.0 Å². The average molecular weight is 428 g/mol. The van der Waals surface area contributed by atoms with Crippen LogP contribution < -0.4 is 10.1 Å². The molecule has 0 aliphatic carbocycles. The maximum atomic E-state index is 12.5. The van der Waals surface area contributed by atoms with Crippen molar-refractivity contribution in [3.8, 4) is 11.4 Å². The number of fused-ring (bicyclic) bond motifs is 1. The summed E-state index contributed by atoms with van der Waals surface area (Å²) in [4.78, 5) is 12.5. The lowest BCUT2D eigenvalue weighted by Gasteiger charge is -2.20. The summed E-state index contributed by atoms with van der Waals surface area (Å²) in [6, 6.07) is 15.5. The van der Waals surface area contributed by atoms with Crippen molar-refractivity contribution in [3.05, 3.63) is 70.4 Å². The lowest BCUT2D eigenvalue weighted by atomic mass is 10.0. The number of para-hydroxylation sites is 2. The molecule has 0 bridgehead atoms. The lowest BCUT2D eigenvalue weighted by molar-refractivity contribution is -0.113. The quantitative estimate of drug-likeness (QED) is 0.606. The van der Waals surface area contributed by atoms with E-state index in [2.05, 4.69) is 11.4 Å². The van der Waals surface area contributed by atoms with Crippen molar-refractivity contribution >= 4 is 35.1 Å². The van der Waals surface area contributed by atoms with Crippen LogP contribution >= 0.6 is 23.4 Å². The summed E-state index contributed by atoms with van der Waals surface area (Å²) >= 11 is 8.00. The molecule has 1 N–H and O–H groups in total. The molecule has 29 heavy (non-hydrogen) atoms. The van der Waals surface area contributed by atoms with E-state index in [0.717, 1.165) is 28.3 Å². The third-order valence-electron chi connectivity index (χ3n) is 4.65. The number of anilines is 1. The molecule has 3 aromatic rings. The van der Waals surface area contributed by atoms with Gasteiger partial charge in [-0.1, -0.05) is 41.9 Å². The largest absolute Gasteiger partial charge is 0.491 e.